The molecule has 0 fully saturated rings. The quantitative estimate of drug-likeness (QED) is 0.0726. The summed E-state index contributed by atoms with van der Waals surface area (Å²) in [6.45, 7) is 14.4. The van der Waals surface area contributed by atoms with Crippen molar-refractivity contribution in [2.45, 2.75) is 130 Å². The largest absolute Gasteiger partial charge is 0.379 e. The summed E-state index contributed by atoms with van der Waals surface area (Å²) in [5.41, 5.74) is 0. The van der Waals surface area contributed by atoms with Crippen molar-refractivity contribution in [1.82, 2.24) is 0 Å². The fourth-order valence-corrected chi connectivity index (χ4v) is 4.25. The predicted octanol–water partition coefficient (Wildman–Crippen LogP) is 8.39. The summed E-state index contributed by atoms with van der Waals surface area (Å²) in [7, 11) is 0. The first-order valence-corrected chi connectivity index (χ1v) is 16.8. The van der Waals surface area contributed by atoms with Gasteiger partial charge in [0.15, 0.2) is 0 Å². The Morgan fingerprint density at radius 1 is 0.333 bits per heavy atom. The lowest BCUT2D eigenvalue weighted by Crippen LogP contribution is -2.14. The monoisotopic (exact) mass is 561 g/mol. The van der Waals surface area contributed by atoms with E-state index in [-0.39, 0.29) is 0 Å². The third kappa shape index (κ3) is 35.7. The van der Waals surface area contributed by atoms with E-state index in [9.17, 15) is 0 Å². The summed E-state index contributed by atoms with van der Waals surface area (Å²) < 4.78 is 33.3. The maximum absolute atomic E-state index is 5.68. The van der Waals surface area contributed by atoms with Gasteiger partial charge < -0.3 is 28.4 Å². The lowest BCUT2D eigenvalue weighted by molar-refractivity contribution is -0.0182. The highest BCUT2D eigenvalue weighted by molar-refractivity contribution is 4.50. The first-order chi connectivity index (χ1) is 19.3. The minimum atomic E-state index is 0.580. The molecule has 0 aromatic heterocycles. The van der Waals surface area contributed by atoms with E-state index in [1.165, 1.54) is 103 Å². The van der Waals surface area contributed by atoms with Crippen LogP contribution < -0.4 is 0 Å². The lowest BCUT2D eigenvalue weighted by Gasteiger charge is -2.10. The van der Waals surface area contributed by atoms with Crippen LogP contribution in [0.15, 0.2) is 0 Å². The third-order valence-corrected chi connectivity index (χ3v) is 7.10. The molecule has 0 aliphatic rings. The van der Waals surface area contributed by atoms with Gasteiger partial charge in [-0.1, -0.05) is 124 Å². The molecule has 0 heterocycles. The number of rotatable bonds is 35. The smallest absolute Gasteiger partial charge is 0.0701 e. The van der Waals surface area contributed by atoms with Crippen LogP contribution in [-0.2, 0) is 28.4 Å². The van der Waals surface area contributed by atoms with Crippen molar-refractivity contribution < 1.29 is 28.4 Å². The maximum Gasteiger partial charge on any atom is 0.0701 e. The average molecular weight is 561 g/mol. The Morgan fingerprint density at radius 3 is 0.949 bits per heavy atom. The normalized spacial score (nSPS) is 12.4. The van der Waals surface area contributed by atoms with Gasteiger partial charge in [0.2, 0.25) is 0 Å². The molecule has 236 valence electrons. The van der Waals surface area contributed by atoms with Crippen LogP contribution in [0.4, 0.5) is 0 Å². The summed E-state index contributed by atoms with van der Waals surface area (Å²) >= 11 is 0. The molecule has 0 aliphatic carbocycles. The molecular formula is C33H68O6. The average Bonchev–Trinajstić information content (AvgIpc) is 2.95. The van der Waals surface area contributed by atoms with Crippen molar-refractivity contribution in [1.29, 1.82) is 0 Å². The number of hydrogen-bond acceptors (Lipinski definition) is 6. The van der Waals surface area contributed by atoms with Gasteiger partial charge in [0.1, 0.15) is 0 Å². The Kier molecular flexibility index (Phi) is 35.6. The topological polar surface area (TPSA) is 55.4 Å². The minimum Gasteiger partial charge on any atom is -0.379 e. The van der Waals surface area contributed by atoms with E-state index in [0.717, 1.165) is 19.6 Å². The molecule has 0 bridgehead atoms. The first-order valence-electron chi connectivity index (χ1n) is 16.8. The van der Waals surface area contributed by atoms with Crippen molar-refractivity contribution in [3.63, 3.8) is 0 Å². The van der Waals surface area contributed by atoms with Gasteiger partial charge in [0, 0.05) is 13.2 Å². The summed E-state index contributed by atoms with van der Waals surface area (Å²) in [4.78, 5) is 0. The number of hydrogen-bond donors (Lipinski definition) is 0. The molecule has 0 aromatic carbocycles. The van der Waals surface area contributed by atoms with Gasteiger partial charge in [-0.05, 0) is 12.3 Å². The van der Waals surface area contributed by atoms with Gasteiger partial charge >= 0.3 is 0 Å². The predicted molar refractivity (Wildman–Crippen MR) is 164 cm³/mol. The molecule has 0 saturated carbocycles. The van der Waals surface area contributed by atoms with Gasteiger partial charge in [-0.25, -0.2) is 0 Å². The molecule has 0 rings (SSSR count). The van der Waals surface area contributed by atoms with E-state index < -0.39 is 0 Å². The van der Waals surface area contributed by atoms with E-state index in [0.29, 0.717) is 72.0 Å². The Balaban J connectivity index is 3.03. The second-order valence-electron chi connectivity index (χ2n) is 11.0. The summed E-state index contributed by atoms with van der Waals surface area (Å²) in [5, 5.41) is 0. The van der Waals surface area contributed by atoms with Crippen LogP contribution in [0.3, 0.4) is 0 Å². The Morgan fingerprint density at radius 2 is 0.615 bits per heavy atom. The first kappa shape index (κ1) is 38.8. The van der Waals surface area contributed by atoms with Crippen molar-refractivity contribution >= 4 is 0 Å². The van der Waals surface area contributed by atoms with E-state index >= 15 is 0 Å². The van der Waals surface area contributed by atoms with E-state index in [2.05, 4.69) is 20.8 Å². The molecule has 1 atom stereocenters. The zero-order valence-electron chi connectivity index (χ0n) is 26.5. The molecule has 0 spiro atoms. The van der Waals surface area contributed by atoms with Gasteiger partial charge in [0.05, 0.1) is 66.1 Å². The maximum atomic E-state index is 5.68. The third-order valence-electron chi connectivity index (χ3n) is 7.10. The van der Waals surface area contributed by atoms with Gasteiger partial charge in [-0.2, -0.15) is 0 Å². The fourth-order valence-electron chi connectivity index (χ4n) is 4.25. The van der Waals surface area contributed by atoms with Crippen LogP contribution in [-0.4, -0.2) is 79.3 Å². The zero-order valence-corrected chi connectivity index (χ0v) is 26.5. The van der Waals surface area contributed by atoms with E-state index in [4.69, 9.17) is 28.4 Å². The molecule has 0 amide bonds. The fraction of sp³-hybridized carbons (Fsp3) is 1.00. The minimum absolute atomic E-state index is 0.580. The van der Waals surface area contributed by atoms with Crippen LogP contribution in [0, 0.1) is 5.92 Å². The Bertz CT molecular complexity index is 423. The second-order valence-corrected chi connectivity index (χ2v) is 11.0. The SMILES string of the molecule is CCCCCCCCCCCCCCCCCCOCCOCCOCCOCCOCCOCC(C)CC. The molecule has 39 heavy (non-hydrogen) atoms. The lowest BCUT2D eigenvalue weighted by atomic mass is 10.0. The number of ether oxygens (including phenoxy) is 6. The molecule has 0 aliphatic heterocycles. The molecule has 0 aromatic rings. The Hall–Kier alpha value is -0.240. The standard InChI is InChI=1S/C33H68O6/c1-4-6-7-8-9-10-11-12-13-14-15-16-17-18-19-20-21-34-22-23-35-24-25-36-26-27-37-28-29-38-30-31-39-32-33(3)5-2/h33H,4-32H2,1-3H3. The highest BCUT2D eigenvalue weighted by atomic mass is 16.6. The summed E-state index contributed by atoms with van der Waals surface area (Å²) in [5.74, 6) is 0.616. The summed E-state index contributed by atoms with van der Waals surface area (Å²) in [6.07, 6.45) is 23.5. The molecule has 6 nitrogen and oxygen atoms in total. The van der Waals surface area contributed by atoms with Gasteiger partial charge in [-0.3, -0.25) is 0 Å². The second kappa shape index (κ2) is 35.8. The van der Waals surface area contributed by atoms with Crippen LogP contribution in [0.2, 0.25) is 0 Å². The van der Waals surface area contributed by atoms with Crippen molar-refractivity contribution in [3.05, 3.63) is 0 Å². The van der Waals surface area contributed by atoms with Gasteiger partial charge in [0.25, 0.3) is 0 Å². The highest BCUT2D eigenvalue weighted by Crippen LogP contribution is 2.13. The molecule has 1 unspecified atom stereocenters. The zero-order chi connectivity index (χ0) is 28.3. The van der Waals surface area contributed by atoms with Crippen LogP contribution in [0.25, 0.3) is 0 Å². The van der Waals surface area contributed by atoms with Crippen LogP contribution >= 0.6 is 0 Å². The summed E-state index contributed by atoms with van der Waals surface area (Å²) in [6, 6.07) is 0. The van der Waals surface area contributed by atoms with Crippen molar-refractivity contribution in [2.24, 2.45) is 5.92 Å². The van der Waals surface area contributed by atoms with E-state index in [1.807, 2.05) is 0 Å². The highest BCUT2D eigenvalue weighted by Gasteiger charge is 1.99. The van der Waals surface area contributed by atoms with Crippen LogP contribution in [0.5, 0.6) is 0 Å². The van der Waals surface area contributed by atoms with Gasteiger partial charge in [-0.15, -0.1) is 0 Å². The Labute approximate surface area is 243 Å². The molecule has 0 N–H and O–H groups in total. The molecular weight excluding hydrogens is 492 g/mol. The molecule has 0 saturated heterocycles. The van der Waals surface area contributed by atoms with Crippen molar-refractivity contribution in [3.8, 4) is 0 Å². The number of unbranched alkanes of at least 4 members (excludes halogenated alkanes) is 15. The molecule has 0 radical (unpaired) electrons. The molecule has 6 heteroatoms. The van der Waals surface area contributed by atoms with Crippen molar-refractivity contribution in [2.75, 3.05) is 79.3 Å². The van der Waals surface area contributed by atoms with Crippen LogP contribution in [0.1, 0.15) is 130 Å². The van der Waals surface area contributed by atoms with E-state index in [1.54, 1.807) is 0 Å².